The van der Waals surface area contributed by atoms with Crippen molar-refractivity contribution in [2.24, 2.45) is 0 Å². The third kappa shape index (κ3) is 1.49. The Bertz CT molecular complexity index is 435. The van der Waals surface area contributed by atoms with Crippen LogP contribution in [0, 0.1) is 0 Å². The van der Waals surface area contributed by atoms with Gasteiger partial charge >= 0.3 is 11.9 Å². The predicted molar refractivity (Wildman–Crippen MR) is 54.9 cm³/mol. The Morgan fingerprint density at radius 1 is 1.41 bits per heavy atom. The van der Waals surface area contributed by atoms with Gasteiger partial charge in [-0.05, 0) is 6.08 Å². The maximum atomic E-state index is 11.7. The van der Waals surface area contributed by atoms with Crippen molar-refractivity contribution >= 4 is 11.9 Å². The molecule has 0 aromatic heterocycles. The summed E-state index contributed by atoms with van der Waals surface area (Å²) in [6, 6.07) is 0. The van der Waals surface area contributed by atoms with Crippen LogP contribution >= 0.6 is 0 Å². The fourth-order valence-electron chi connectivity index (χ4n) is 2.10. The fraction of sp³-hybridized carbons (Fsp3) is 0.455. The van der Waals surface area contributed by atoms with Crippen LogP contribution in [0.5, 0.6) is 0 Å². The van der Waals surface area contributed by atoms with Gasteiger partial charge in [-0.3, -0.25) is 0 Å². The number of esters is 2. The van der Waals surface area contributed by atoms with Gasteiger partial charge in [0.05, 0.1) is 32.0 Å². The molecular weight excluding hydrogens is 228 g/mol. The van der Waals surface area contributed by atoms with Gasteiger partial charge in [-0.25, -0.2) is 9.59 Å². The van der Waals surface area contributed by atoms with E-state index in [1.54, 1.807) is 12.2 Å². The average Bonchev–Trinajstić information content (AvgIpc) is 2.92. The molecule has 0 aromatic rings. The lowest BCUT2D eigenvalue weighted by Crippen LogP contribution is -2.36. The highest BCUT2D eigenvalue weighted by Crippen LogP contribution is 2.43. The van der Waals surface area contributed by atoms with E-state index < -0.39 is 30.3 Å². The Balaban J connectivity index is 2.53. The number of carbonyl (C=O) groups excluding carboxylic acids is 2. The quantitative estimate of drug-likeness (QED) is 0.520. The molecule has 0 aliphatic carbocycles. The van der Waals surface area contributed by atoms with Crippen LogP contribution in [0.3, 0.4) is 0 Å². The van der Waals surface area contributed by atoms with Crippen LogP contribution in [0.15, 0.2) is 23.3 Å². The molecule has 2 bridgehead atoms. The van der Waals surface area contributed by atoms with Gasteiger partial charge < -0.3 is 19.3 Å². The second kappa shape index (κ2) is 3.97. The van der Waals surface area contributed by atoms with E-state index >= 15 is 0 Å². The monoisotopic (exact) mass is 240 g/mol. The van der Waals surface area contributed by atoms with E-state index in [-0.39, 0.29) is 11.1 Å². The third-order valence-electron chi connectivity index (χ3n) is 2.88. The molecule has 2 aliphatic heterocycles. The molecule has 0 amide bonds. The van der Waals surface area contributed by atoms with Crippen LogP contribution in [0.4, 0.5) is 0 Å². The zero-order valence-electron chi connectivity index (χ0n) is 9.43. The summed E-state index contributed by atoms with van der Waals surface area (Å²) in [7, 11) is 2.41. The van der Waals surface area contributed by atoms with E-state index in [0.717, 1.165) is 0 Å². The summed E-state index contributed by atoms with van der Waals surface area (Å²) in [4.78, 5) is 23.3. The van der Waals surface area contributed by atoms with E-state index in [1.165, 1.54) is 14.2 Å². The largest absolute Gasteiger partial charge is 0.466 e. The SMILES string of the molecule is COC(=O)C1=C(C(=O)OC)C2(CO)C=CC1O2. The van der Waals surface area contributed by atoms with E-state index in [1.807, 2.05) is 0 Å². The molecule has 2 heterocycles. The standard InChI is InChI=1S/C11H12O6/c1-15-9(13)7-6-3-4-11(5-12,17-6)8(7)10(14)16-2/h3-4,6,12H,5H2,1-2H3. The van der Waals surface area contributed by atoms with Gasteiger partial charge in [0.1, 0.15) is 11.7 Å². The summed E-state index contributed by atoms with van der Waals surface area (Å²) < 4.78 is 14.7. The Morgan fingerprint density at radius 3 is 2.59 bits per heavy atom. The van der Waals surface area contributed by atoms with Gasteiger partial charge in [-0.1, -0.05) is 6.08 Å². The lowest BCUT2D eigenvalue weighted by molar-refractivity contribution is -0.139. The van der Waals surface area contributed by atoms with Crippen LogP contribution in [0.2, 0.25) is 0 Å². The Morgan fingerprint density at radius 2 is 2.06 bits per heavy atom. The number of ether oxygens (including phenoxy) is 3. The first kappa shape index (κ1) is 11.8. The second-order valence-corrected chi connectivity index (χ2v) is 3.72. The molecule has 0 saturated heterocycles. The first-order chi connectivity index (χ1) is 8.09. The minimum Gasteiger partial charge on any atom is -0.466 e. The van der Waals surface area contributed by atoms with Crippen LogP contribution in [-0.2, 0) is 23.8 Å². The van der Waals surface area contributed by atoms with Crippen molar-refractivity contribution in [1.82, 2.24) is 0 Å². The van der Waals surface area contributed by atoms with E-state index in [2.05, 4.69) is 9.47 Å². The molecule has 2 atom stereocenters. The molecule has 6 nitrogen and oxygen atoms in total. The zero-order chi connectivity index (χ0) is 12.6. The smallest absolute Gasteiger partial charge is 0.337 e. The van der Waals surface area contributed by atoms with Gasteiger partial charge in [0, 0.05) is 0 Å². The Labute approximate surface area is 97.5 Å². The highest BCUT2D eigenvalue weighted by Gasteiger charge is 2.54. The summed E-state index contributed by atoms with van der Waals surface area (Å²) in [5.74, 6) is -1.36. The van der Waals surface area contributed by atoms with E-state index in [0.29, 0.717) is 0 Å². The number of hydrogen-bond acceptors (Lipinski definition) is 6. The Hall–Kier alpha value is -1.66. The number of aliphatic hydroxyl groups is 1. The van der Waals surface area contributed by atoms with E-state index in [4.69, 9.17) is 4.74 Å². The molecule has 1 N–H and O–H groups in total. The molecule has 0 radical (unpaired) electrons. The van der Waals surface area contributed by atoms with Gasteiger partial charge in [0.2, 0.25) is 0 Å². The summed E-state index contributed by atoms with van der Waals surface area (Å²) in [6.45, 7) is -0.440. The lowest BCUT2D eigenvalue weighted by Gasteiger charge is -2.22. The van der Waals surface area contributed by atoms with Gasteiger partial charge in [-0.15, -0.1) is 0 Å². The highest BCUT2D eigenvalue weighted by atomic mass is 16.6. The molecule has 0 fully saturated rings. The molecule has 6 heteroatoms. The number of methoxy groups -OCH3 is 2. The van der Waals surface area contributed by atoms with Crippen LogP contribution < -0.4 is 0 Å². The topological polar surface area (TPSA) is 82.1 Å². The molecule has 17 heavy (non-hydrogen) atoms. The summed E-state index contributed by atoms with van der Waals surface area (Å²) in [5.41, 5.74) is -1.17. The highest BCUT2D eigenvalue weighted by molar-refractivity contribution is 6.05. The van der Waals surface area contributed by atoms with Crippen molar-refractivity contribution in [2.45, 2.75) is 11.7 Å². The van der Waals surface area contributed by atoms with Crippen LogP contribution in [0.1, 0.15) is 0 Å². The maximum absolute atomic E-state index is 11.7. The predicted octanol–water partition coefficient (Wildman–Crippen LogP) is -0.671. The zero-order valence-corrected chi connectivity index (χ0v) is 9.43. The van der Waals surface area contributed by atoms with Gasteiger partial charge in [0.15, 0.2) is 0 Å². The van der Waals surface area contributed by atoms with Crippen LogP contribution in [0.25, 0.3) is 0 Å². The molecule has 2 aliphatic rings. The fourth-order valence-corrected chi connectivity index (χ4v) is 2.10. The lowest BCUT2D eigenvalue weighted by atomic mass is 9.87. The summed E-state index contributed by atoms with van der Waals surface area (Å²) >= 11 is 0. The number of aliphatic hydroxyl groups excluding tert-OH is 1. The van der Waals surface area contributed by atoms with Crippen molar-refractivity contribution in [1.29, 1.82) is 0 Å². The second-order valence-electron chi connectivity index (χ2n) is 3.72. The number of rotatable bonds is 3. The number of fused-ring (bicyclic) bond motifs is 2. The first-order valence-electron chi connectivity index (χ1n) is 4.99. The molecule has 2 rings (SSSR count). The minimum absolute atomic E-state index is 0.0156. The minimum atomic E-state index is -1.28. The van der Waals surface area contributed by atoms with Crippen LogP contribution in [-0.4, -0.2) is 49.6 Å². The normalized spacial score (nSPS) is 29.7. The van der Waals surface area contributed by atoms with Crippen molar-refractivity contribution in [3.8, 4) is 0 Å². The summed E-state index contributed by atoms with van der Waals surface area (Å²) in [5, 5.41) is 9.36. The number of hydrogen-bond donors (Lipinski definition) is 1. The molecule has 2 unspecified atom stereocenters. The van der Waals surface area contributed by atoms with Gasteiger partial charge in [0.25, 0.3) is 0 Å². The van der Waals surface area contributed by atoms with Gasteiger partial charge in [-0.2, -0.15) is 0 Å². The number of carbonyl (C=O) groups is 2. The summed E-state index contributed by atoms with van der Waals surface area (Å²) in [6.07, 6.45) is 2.49. The van der Waals surface area contributed by atoms with E-state index in [9.17, 15) is 14.7 Å². The van der Waals surface area contributed by atoms with Crippen molar-refractivity contribution in [3.63, 3.8) is 0 Å². The van der Waals surface area contributed by atoms with Crippen molar-refractivity contribution in [3.05, 3.63) is 23.3 Å². The molecular formula is C11H12O6. The Kier molecular flexibility index (Phi) is 2.76. The van der Waals surface area contributed by atoms with Crippen molar-refractivity contribution < 1.29 is 28.9 Å². The molecule has 0 saturated carbocycles. The van der Waals surface area contributed by atoms with Crippen molar-refractivity contribution in [2.75, 3.05) is 20.8 Å². The molecule has 0 aromatic carbocycles. The molecule has 92 valence electrons. The average molecular weight is 240 g/mol. The first-order valence-corrected chi connectivity index (χ1v) is 4.99. The maximum Gasteiger partial charge on any atom is 0.337 e. The molecule has 0 spiro atoms. The third-order valence-corrected chi connectivity index (χ3v) is 2.88.